The zero-order chi connectivity index (χ0) is 19.6. The Labute approximate surface area is 163 Å². The molecule has 1 fully saturated rings. The van der Waals surface area contributed by atoms with Crippen molar-refractivity contribution in [1.82, 2.24) is 9.21 Å². The number of amides is 1. The summed E-state index contributed by atoms with van der Waals surface area (Å²) in [6, 6.07) is 11.9. The summed E-state index contributed by atoms with van der Waals surface area (Å²) in [6.45, 7) is 0.0707. The lowest BCUT2D eigenvalue weighted by Gasteiger charge is -2.25. The quantitative estimate of drug-likeness (QED) is 0.703. The molecule has 2 aromatic carbocycles. The molecule has 8 heteroatoms. The van der Waals surface area contributed by atoms with E-state index in [4.69, 9.17) is 11.6 Å². The van der Waals surface area contributed by atoms with Crippen LogP contribution < -0.4 is 0 Å². The highest BCUT2D eigenvalue weighted by Crippen LogP contribution is 2.29. The molecule has 0 aliphatic heterocycles. The van der Waals surface area contributed by atoms with Crippen molar-refractivity contribution in [3.05, 3.63) is 64.9 Å². The highest BCUT2D eigenvalue weighted by Gasteiger charge is 2.34. The van der Waals surface area contributed by atoms with Gasteiger partial charge < -0.3 is 4.90 Å². The summed E-state index contributed by atoms with van der Waals surface area (Å²) >= 11 is 5.80. The first-order valence-electron chi connectivity index (χ1n) is 8.53. The summed E-state index contributed by atoms with van der Waals surface area (Å²) in [6.07, 6.45) is 1.78. The number of halogens is 2. The molecule has 1 aliphatic carbocycles. The summed E-state index contributed by atoms with van der Waals surface area (Å²) in [5, 5.41) is 0.437. The number of hydrogen-bond acceptors (Lipinski definition) is 3. The number of carbonyl (C=O) groups is 1. The highest BCUT2D eigenvalue weighted by atomic mass is 35.5. The smallest absolute Gasteiger partial charge is 0.243 e. The minimum atomic E-state index is -3.79. The van der Waals surface area contributed by atoms with Gasteiger partial charge in [0, 0.05) is 24.7 Å². The summed E-state index contributed by atoms with van der Waals surface area (Å²) in [5.74, 6) is -0.612. The number of hydrogen-bond donors (Lipinski definition) is 0. The Morgan fingerprint density at radius 2 is 1.70 bits per heavy atom. The normalized spacial score (nSPS) is 14.4. The molecule has 2 aromatic rings. The molecule has 5 nitrogen and oxygen atoms in total. The molecule has 144 valence electrons. The maximum Gasteiger partial charge on any atom is 0.243 e. The first-order chi connectivity index (χ1) is 12.8. The van der Waals surface area contributed by atoms with Crippen molar-refractivity contribution in [2.24, 2.45) is 0 Å². The van der Waals surface area contributed by atoms with Crippen molar-refractivity contribution in [3.63, 3.8) is 0 Å². The van der Waals surface area contributed by atoms with Crippen molar-refractivity contribution < 1.29 is 17.6 Å². The van der Waals surface area contributed by atoms with Crippen molar-refractivity contribution in [3.8, 4) is 0 Å². The first kappa shape index (κ1) is 19.8. The van der Waals surface area contributed by atoms with Crippen LogP contribution in [0.1, 0.15) is 18.4 Å². The van der Waals surface area contributed by atoms with E-state index in [1.807, 2.05) is 0 Å². The SMILES string of the molecule is CN(CC(=O)N(Cc1ccc(F)cc1)C1CC1)S(=O)(=O)c1ccc(Cl)cc1. The largest absolute Gasteiger partial charge is 0.334 e. The van der Waals surface area contributed by atoms with Crippen molar-refractivity contribution in [2.75, 3.05) is 13.6 Å². The molecule has 0 saturated heterocycles. The Balaban J connectivity index is 1.71. The molecule has 0 heterocycles. The van der Waals surface area contributed by atoms with Crippen LogP contribution in [0, 0.1) is 5.82 Å². The van der Waals surface area contributed by atoms with Gasteiger partial charge in [-0.2, -0.15) is 4.31 Å². The molecule has 0 atom stereocenters. The van der Waals surface area contributed by atoms with E-state index < -0.39 is 10.0 Å². The number of likely N-dealkylation sites (N-methyl/N-ethyl adjacent to an activating group) is 1. The van der Waals surface area contributed by atoms with Gasteiger partial charge in [-0.25, -0.2) is 12.8 Å². The standard InChI is InChI=1S/C19H20ClFN2O3S/c1-22(27(25,26)18-10-4-15(20)5-11-18)13-19(24)23(17-8-9-17)12-14-2-6-16(21)7-3-14/h2-7,10-11,17H,8-9,12-13H2,1H3. The van der Waals surface area contributed by atoms with E-state index in [0.717, 1.165) is 22.7 Å². The Kier molecular flexibility index (Phi) is 5.83. The monoisotopic (exact) mass is 410 g/mol. The van der Waals surface area contributed by atoms with Gasteiger partial charge in [-0.1, -0.05) is 23.7 Å². The zero-order valence-electron chi connectivity index (χ0n) is 14.8. The lowest BCUT2D eigenvalue weighted by molar-refractivity contribution is -0.132. The third-order valence-corrected chi connectivity index (χ3v) is 6.52. The van der Waals surface area contributed by atoms with Gasteiger partial charge in [0.2, 0.25) is 15.9 Å². The second kappa shape index (κ2) is 7.96. The Morgan fingerprint density at radius 3 is 2.26 bits per heavy atom. The summed E-state index contributed by atoms with van der Waals surface area (Å²) in [4.78, 5) is 14.5. The number of sulfonamides is 1. The van der Waals surface area contributed by atoms with Crippen LogP contribution in [0.2, 0.25) is 5.02 Å². The summed E-state index contributed by atoms with van der Waals surface area (Å²) in [7, 11) is -2.41. The molecular formula is C19H20ClFN2O3S. The third kappa shape index (κ3) is 4.86. The molecule has 1 aliphatic rings. The minimum absolute atomic E-state index is 0.0821. The van der Waals surface area contributed by atoms with Crippen LogP contribution in [0.4, 0.5) is 4.39 Å². The van der Waals surface area contributed by atoms with Crippen LogP contribution >= 0.6 is 11.6 Å². The van der Waals surface area contributed by atoms with Crippen LogP contribution in [0.25, 0.3) is 0 Å². The molecular weight excluding hydrogens is 391 g/mol. The van der Waals surface area contributed by atoms with Gasteiger partial charge in [0.25, 0.3) is 0 Å². The number of carbonyl (C=O) groups excluding carboxylic acids is 1. The van der Waals surface area contributed by atoms with E-state index >= 15 is 0 Å². The average molecular weight is 411 g/mol. The fraction of sp³-hybridized carbons (Fsp3) is 0.316. The van der Waals surface area contributed by atoms with E-state index in [-0.39, 0.29) is 29.2 Å². The number of benzene rings is 2. The van der Waals surface area contributed by atoms with E-state index in [0.29, 0.717) is 11.6 Å². The van der Waals surface area contributed by atoms with Gasteiger partial charge in [-0.05, 0) is 54.8 Å². The minimum Gasteiger partial charge on any atom is -0.334 e. The van der Waals surface area contributed by atoms with Gasteiger partial charge in [0.1, 0.15) is 5.82 Å². The summed E-state index contributed by atoms with van der Waals surface area (Å²) < 4.78 is 39.4. The molecule has 0 bridgehead atoms. The van der Waals surface area contributed by atoms with Crippen molar-refractivity contribution in [2.45, 2.75) is 30.3 Å². The van der Waals surface area contributed by atoms with Gasteiger partial charge in [-0.3, -0.25) is 4.79 Å². The van der Waals surface area contributed by atoms with Crippen LogP contribution in [0.3, 0.4) is 0 Å². The Bertz CT molecular complexity index is 913. The molecule has 1 saturated carbocycles. The topological polar surface area (TPSA) is 57.7 Å². The predicted octanol–water partition coefficient (Wildman–Crippen LogP) is 3.29. The van der Waals surface area contributed by atoms with E-state index in [9.17, 15) is 17.6 Å². The summed E-state index contributed by atoms with van der Waals surface area (Å²) in [5.41, 5.74) is 0.805. The van der Waals surface area contributed by atoms with Crippen LogP contribution in [-0.2, 0) is 21.4 Å². The first-order valence-corrected chi connectivity index (χ1v) is 10.3. The van der Waals surface area contributed by atoms with Gasteiger partial charge >= 0.3 is 0 Å². The molecule has 0 aromatic heterocycles. The number of rotatable bonds is 7. The molecule has 1 amide bonds. The van der Waals surface area contributed by atoms with E-state index in [1.165, 1.54) is 43.4 Å². The van der Waals surface area contributed by atoms with E-state index in [2.05, 4.69) is 0 Å². The van der Waals surface area contributed by atoms with Crippen LogP contribution in [0.5, 0.6) is 0 Å². The average Bonchev–Trinajstić information content (AvgIpc) is 3.46. The Morgan fingerprint density at radius 1 is 1.11 bits per heavy atom. The second-order valence-electron chi connectivity index (χ2n) is 6.59. The predicted molar refractivity (Wildman–Crippen MR) is 101 cm³/mol. The Hall–Kier alpha value is -1.96. The fourth-order valence-corrected chi connectivity index (χ4v) is 3.99. The van der Waals surface area contributed by atoms with Crippen LogP contribution in [-0.4, -0.2) is 43.2 Å². The van der Waals surface area contributed by atoms with Gasteiger partial charge in [-0.15, -0.1) is 0 Å². The van der Waals surface area contributed by atoms with Crippen molar-refractivity contribution >= 4 is 27.5 Å². The lowest BCUT2D eigenvalue weighted by Crippen LogP contribution is -2.41. The van der Waals surface area contributed by atoms with E-state index in [1.54, 1.807) is 17.0 Å². The maximum atomic E-state index is 13.1. The lowest BCUT2D eigenvalue weighted by atomic mass is 10.2. The van der Waals surface area contributed by atoms with Crippen molar-refractivity contribution in [1.29, 1.82) is 0 Å². The maximum absolute atomic E-state index is 13.1. The second-order valence-corrected chi connectivity index (χ2v) is 9.08. The van der Waals surface area contributed by atoms with Crippen LogP contribution in [0.15, 0.2) is 53.4 Å². The molecule has 0 spiro atoms. The fourth-order valence-electron chi connectivity index (χ4n) is 2.75. The third-order valence-electron chi connectivity index (χ3n) is 4.45. The highest BCUT2D eigenvalue weighted by molar-refractivity contribution is 7.89. The molecule has 0 N–H and O–H groups in total. The zero-order valence-corrected chi connectivity index (χ0v) is 16.4. The van der Waals surface area contributed by atoms with Gasteiger partial charge in [0.15, 0.2) is 0 Å². The molecule has 0 unspecified atom stereocenters. The number of nitrogens with zero attached hydrogens (tertiary/aromatic N) is 2. The molecule has 0 radical (unpaired) electrons. The molecule has 27 heavy (non-hydrogen) atoms. The van der Waals surface area contributed by atoms with Gasteiger partial charge in [0.05, 0.1) is 11.4 Å². The molecule has 3 rings (SSSR count).